The van der Waals surface area contributed by atoms with Crippen molar-refractivity contribution in [3.8, 4) is 11.5 Å². The van der Waals surface area contributed by atoms with Gasteiger partial charge in [-0.1, -0.05) is 54.6 Å². The number of hydrogen-bond acceptors (Lipinski definition) is 4. The third-order valence-corrected chi connectivity index (χ3v) is 5.29. The zero-order valence-electron chi connectivity index (χ0n) is 16.2. The van der Waals surface area contributed by atoms with Gasteiger partial charge in [0.1, 0.15) is 11.5 Å². The van der Waals surface area contributed by atoms with Gasteiger partial charge in [0.2, 0.25) is 5.91 Å². The molecule has 0 spiro atoms. The van der Waals surface area contributed by atoms with Crippen LogP contribution in [-0.2, 0) is 4.79 Å². The Morgan fingerprint density at radius 2 is 1.66 bits per heavy atom. The van der Waals surface area contributed by atoms with Gasteiger partial charge in [0.05, 0.1) is 26.1 Å². The number of para-hydroxylation sites is 1. The van der Waals surface area contributed by atoms with Crippen LogP contribution in [0.1, 0.15) is 33.3 Å². The van der Waals surface area contributed by atoms with Crippen LogP contribution >= 0.6 is 0 Å². The molecule has 0 radical (unpaired) electrons. The fourth-order valence-corrected chi connectivity index (χ4v) is 3.89. The first-order valence-corrected chi connectivity index (χ1v) is 9.35. The molecule has 0 saturated heterocycles. The number of fused-ring (bicyclic) bond motifs is 1. The molecule has 0 fully saturated rings. The summed E-state index contributed by atoms with van der Waals surface area (Å²) in [5, 5.41) is 2.91. The predicted molar refractivity (Wildman–Crippen MR) is 111 cm³/mol. The zero-order chi connectivity index (χ0) is 20.4. The molecule has 5 heteroatoms. The number of rotatable bonds is 6. The normalized spacial score (nSPS) is 15.9. The van der Waals surface area contributed by atoms with E-state index in [0.29, 0.717) is 22.6 Å². The summed E-state index contributed by atoms with van der Waals surface area (Å²) in [5.41, 5.74) is 2.75. The van der Waals surface area contributed by atoms with E-state index in [0.717, 1.165) is 11.3 Å². The lowest BCUT2D eigenvalue weighted by molar-refractivity contribution is -0.117. The van der Waals surface area contributed by atoms with Crippen molar-refractivity contribution in [2.24, 2.45) is 0 Å². The molecular formula is C24H21NO4. The zero-order valence-corrected chi connectivity index (χ0v) is 16.2. The maximum atomic E-state index is 13.6. The highest BCUT2D eigenvalue weighted by Crippen LogP contribution is 2.46. The molecule has 146 valence electrons. The highest BCUT2D eigenvalue weighted by atomic mass is 16.5. The lowest BCUT2D eigenvalue weighted by Gasteiger charge is -2.24. The fourth-order valence-electron chi connectivity index (χ4n) is 3.89. The Kier molecular flexibility index (Phi) is 5.04. The SMILES string of the molecule is COc1ccc(C(C(=O)c2ccccc2)C2C(=O)Nc3ccccc32)c(OC)c1. The van der Waals surface area contributed by atoms with Crippen molar-refractivity contribution >= 4 is 17.4 Å². The van der Waals surface area contributed by atoms with E-state index in [2.05, 4.69) is 5.32 Å². The Morgan fingerprint density at radius 3 is 2.38 bits per heavy atom. The molecular weight excluding hydrogens is 366 g/mol. The van der Waals surface area contributed by atoms with Gasteiger partial charge in [-0.25, -0.2) is 0 Å². The molecule has 1 N–H and O–H groups in total. The summed E-state index contributed by atoms with van der Waals surface area (Å²) in [6.45, 7) is 0. The van der Waals surface area contributed by atoms with Crippen molar-refractivity contribution in [1.82, 2.24) is 0 Å². The fraction of sp³-hybridized carbons (Fsp3) is 0.167. The van der Waals surface area contributed by atoms with E-state index in [4.69, 9.17) is 9.47 Å². The lowest BCUT2D eigenvalue weighted by atomic mass is 9.77. The number of ether oxygens (including phenoxy) is 2. The number of carbonyl (C=O) groups excluding carboxylic acids is 2. The smallest absolute Gasteiger partial charge is 0.233 e. The molecule has 29 heavy (non-hydrogen) atoms. The number of carbonyl (C=O) groups is 2. The third-order valence-electron chi connectivity index (χ3n) is 5.29. The average Bonchev–Trinajstić information content (AvgIpc) is 3.10. The summed E-state index contributed by atoms with van der Waals surface area (Å²) in [6, 6.07) is 21.8. The van der Waals surface area contributed by atoms with E-state index >= 15 is 0 Å². The number of methoxy groups -OCH3 is 2. The number of ketones is 1. The maximum absolute atomic E-state index is 13.6. The van der Waals surface area contributed by atoms with E-state index in [1.807, 2.05) is 42.5 Å². The van der Waals surface area contributed by atoms with Gasteiger partial charge in [-0.05, 0) is 17.7 Å². The molecule has 2 atom stereocenters. The Labute approximate surface area is 169 Å². The molecule has 5 nitrogen and oxygen atoms in total. The quantitative estimate of drug-likeness (QED) is 0.637. The maximum Gasteiger partial charge on any atom is 0.233 e. The summed E-state index contributed by atoms with van der Waals surface area (Å²) in [6.07, 6.45) is 0. The summed E-state index contributed by atoms with van der Waals surface area (Å²) >= 11 is 0. The van der Waals surface area contributed by atoms with E-state index in [1.165, 1.54) is 0 Å². The van der Waals surface area contributed by atoms with Crippen molar-refractivity contribution in [1.29, 1.82) is 0 Å². The molecule has 0 aromatic heterocycles. The lowest BCUT2D eigenvalue weighted by Crippen LogP contribution is -2.26. The molecule has 0 aliphatic carbocycles. The first kappa shape index (κ1) is 18.7. The number of anilines is 1. The minimum atomic E-state index is -0.734. The summed E-state index contributed by atoms with van der Waals surface area (Å²) in [4.78, 5) is 26.6. The molecule has 1 aliphatic heterocycles. The number of amides is 1. The van der Waals surface area contributed by atoms with E-state index in [9.17, 15) is 9.59 Å². The highest BCUT2D eigenvalue weighted by Gasteiger charge is 2.42. The molecule has 1 heterocycles. The van der Waals surface area contributed by atoms with Crippen molar-refractivity contribution < 1.29 is 19.1 Å². The van der Waals surface area contributed by atoms with Crippen molar-refractivity contribution in [3.05, 3.63) is 89.5 Å². The molecule has 3 aromatic rings. The van der Waals surface area contributed by atoms with E-state index in [-0.39, 0.29) is 11.7 Å². The van der Waals surface area contributed by atoms with Gasteiger partial charge in [-0.15, -0.1) is 0 Å². The molecule has 3 aromatic carbocycles. The van der Waals surface area contributed by atoms with Gasteiger partial charge < -0.3 is 14.8 Å². The van der Waals surface area contributed by atoms with Gasteiger partial charge >= 0.3 is 0 Å². The summed E-state index contributed by atoms with van der Waals surface area (Å²) in [7, 11) is 3.12. The number of nitrogens with one attached hydrogen (secondary N) is 1. The largest absolute Gasteiger partial charge is 0.497 e. The Hall–Kier alpha value is -3.60. The first-order chi connectivity index (χ1) is 14.1. The van der Waals surface area contributed by atoms with Crippen molar-refractivity contribution in [2.45, 2.75) is 11.8 Å². The summed E-state index contributed by atoms with van der Waals surface area (Å²) in [5.74, 6) is -0.587. The van der Waals surface area contributed by atoms with Crippen LogP contribution in [0.2, 0.25) is 0 Å². The van der Waals surface area contributed by atoms with Gasteiger partial charge in [0, 0.05) is 22.9 Å². The molecule has 4 rings (SSSR count). The van der Waals surface area contributed by atoms with Crippen LogP contribution in [0.5, 0.6) is 11.5 Å². The van der Waals surface area contributed by atoms with Crippen LogP contribution in [0.4, 0.5) is 5.69 Å². The second-order valence-corrected chi connectivity index (χ2v) is 6.87. The van der Waals surface area contributed by atoms with Gasteiger partial charge in [-0.2, -0.15) is 0 Å². The van der Waals surface area contributed by atoms with Crippen LogP contribution in [0.25, 0.3) is 0 Å². The van der Waals surface area contributed by atoms with Crippen molar-refractivity contribution in [2.75, 3.05) is 19.5 Å². The Morgan fingerprint density at radius 1 is 0.931 bits per heavy atom. The molecule has 2 unspecified atom stereocenters. The van der Waals surface area contributed by atoms with E-state index < -0.39 is 11.8 Å². The van der Waals surface area contributed by atoms with E-state index in [1.54, 1.807) is 44.6 Å². The predicted octanol–water partition coefficient (Wildman–Crippen LogP) is 4.41. The van der Waals surface area contributed by atoms with Crippen LogP contribution in [-0.4, -0.2) is 25.9 Å². The van der Waals surface area contributed by atoms with Crippen LogP contribution in [0.15, 0.2) is 72.8 Å². The topological polar surface area (TPSA) is 64.6 Å². The molecule has 0 bridgehead atoms. The molecule has 1 amide bonds. The number of hydrogen-bond donors (Lipinski definition) is 1. The monoisotopic (exact) mass is 387 g/mol. The summed E-state index contributed by atoms with van der Waals surface area (Å²) < 4.78 is 10.9. The first-order valence-electron chi connectivity index (χ1n) is 9.35. The Balaban J connectivity index is 1.90. The van der Waals surface area contributed by atoms with Gasteiger partial charge in [0.15, 0.2) is 5.78 Å². The number of Topliss-reactive ketones (excluding diaryl/α,β-unsaturated/α-hetero) is 1. The van der Waals surface area contributed by atoms with Crippen LogP contribution < -0.4 is 14.8 Å². The standard InChI is InChI=1S/C24H21NO4/c1-28-16-12-13-18(20(14-16)29-2)21(23(26)15-8-4-3-5-9-15)22-17-10-6-7-11-19(17)25-24(22)27/h3-14,21-22H,1-2H3,(H,25,27). The second-order valence-electron chi connectivity index (χ2n) is 6.87. The Bertz CT molecular complexity index is 1060. The second kappa shape index (κ2) is 7.80. The van der Waals surface area contributed by atoms with Crippen LogP contribution in [0.3, 0.4) is 0 Å². The molecule has 0 saturated carbocycles. The van der Waals surface area contributed by atoms with Gasteiger partial charge in [-0.3, -0.25) is 9.59 Å². The minimum absolute atomic E-state index is 0.133. The van der Waals surface area contributed by atoms with Crippen LogP contribution in [0, 0.1) is 0 Å². The average molecular weight is 387 g/mol. The minimum Gasteiger partial charge on any atom is -0.497 e. The van der Waals surface area contributed by atoms with Gasteiger partial charge in [0.25, 0.3) is 0 Å². The highest BCUT2D eigenvalue weighted by molar-refractivity contribution is 6.11. The molecule has 1 aliphatic rings. The van der Waals surface area contributed by atoms with Crippen molar-refractivity contribution in [3.63, 3.8) is 0 Å². The number of benzene rings is 3. The third kappa shape index (κ3) is 3.36.